The zero-order chi connectivity index (χ0) is 17.1. The predicted octanol–water partition coefficient (Wildman–Crippen LogP) is 1.30. The van der Waals surface area contributed by atoms with Crippen molar-refractivity contribution in [3.63, 3.8) is 0 Å². The summed E-state index contributed by atoms with van der Waals surface area (Å²) in [7, 11) is 1.28. The van der Waals surface area contributed by atoms with Crippen LogP contribution in [0.25, 0.3) is 0 Å². The van der Waals surface area contributed by atoms with Crippen molar-refractivity contribution in [1.82, 2.24) is 0 Å². The molecule has 0 aliphatic heterocycles. The van der Waals surface area contributed by atoms with E-state index in [-0.39, 0.29) is 35.0 Å². The van der Waals surface area contributed by atoms with Crippen molar-refractivity contribution >= 4 is 5.78 Å². The Kier molecular flexibility index (Phi) is 4.61. The van der Waals surface area contributed by atoms with Crippen molar-refractivity contribution in [2.45, 2.75) is 12.5 Å². The average molecular weight is 320 g/mol. The van der Waals surface area contributed by atoms with Crippen molar-refractivity contribution in [1.29, 1.82) is 0 Å². The summed E-state index contributed by atoms with van der Waals surface area (Å²) in [5.41, 5.74) is 0.164. The molecule has 1 atom stereocenters. The highest BCUT2D eigenvalue weighted by Crippen LogP contribution is 2.37. The number of phenols is 4. The number of ketones is 1. The van der Waals surface area contributed by atoms with E-state index in [0.717, 1.165) is 6.07 Å². The molecule has 0 heterocycles. The Balaban J connectivity index is 2.21. The van der Waals surface area contributed by atoms with E-state index in [0.29, 0.717) is 5.56 Å². The largest absolute Gasteiger partial charge is 0.508 e. The van der Waals surface area contributed by atoms with Crippen molar-refractivity contribution in [3.8, 4) is 28.7 Å². The molecule has 0 bridgehead atoms. The summed E-state index contributed by atoms with van der Waals surface area (Å²) in [5, 5.41) is 48.2. The van der Waals surface area contributed by atoms with Crippen LogP contribution in [0.4, 0.5) is 0 Å². The minimum atomic E-state index is -1.50. The molecule has 0 saturated heterocycles. The van der Waals surface area contributed by atoms with Crippen LogP contribution < -0.4 is 4.74 Å². The van der Waals surface area contributed by atoms with Gasteiger partial charge in [0.15, 0.2) is 17.3 Å². The van der Waals surface area contributed by atoms with E-state index in [9.17, 15) is 30.3 Å². The quantitative estimate of drug-likeness (QED) is 0.525. The zero-order valence-electron chi connectivity index (χ0n) is 12.2. The Morgan fingerprint density at radius 1 is 1.04 bits per heavy atom. The van der Waals surface area contributed by atoms with Gasteiger partial charge in [-0.05, 0) is 29.8 Å². The SMILES string of the molecule is COc1c(O)cc(CC(O)C(=O)c2ccc(O)cc2O)cc1O. The van der Waals surface area contributed by atoms with Gasteiger partial charge in [0.05, 0.1) is 12.7 Å². The fraction of sp³-hybridized carbons (Fsp3) is 0.188. The summed E-state index contributed by atoms with van der Waals surface area (Å²) in [6, 6.07) is 5.91. The molecular weight excluding hydrogens is 304 g/mol. The number of Topliss-reactive ketones (excluding diaryl/α,β-unsaturated/α-hetero) is 1. The lowest BCUT2D eigenvalue weighted by Gasteiger charge is -2.13. The van der Waals surface area contributed by atoms with Gasteiger partial charge in [-0.3, -0.25) is 4.79 Å². The Morgan fingerprint density at radius 2 is 1.65 bits per heavy atom. The first-order valence-corrected chi connectivity index (χ1v) is 6.66. The number of aliphatic hydroxyl groups excluding tert-OH is 1. The number of aliphatic hydroxyl groups is 1. The summed E-state index contributed by atoms with van der Waals surface area (Å²) < 4.78 is 4.79. The average Bonchev–Trinajstić information content (AvgIpc) is 2.46. The van der Waals surface area contributed by atoms with Crippen LogP contribution in [0.15, 0.2) is 30.3 Å². The summed E-state index contributed by atoms with van der Waals surface area (Å²) >= 11 is 0. The normalized spacial score (nSPS) is 11.9. The van der Waals surface area contributed by atoms with Crippen LogP contribution >= 0.6 is 0 Å². The minimum absolute atomic E-state index is 0.106. The molecule has 2 aromatic carbocycles. The first-order valence-electron chi connectivity index (χ1n) is 6.66. The smallest absolute Gasteiger partial charge is 0.202 e. The van der Waals surface area contributed by atoms with Gasteiger partial charge in [-0.15, -0.1) is 0 Å². The van der Waals surface area contributed by atoms with Gasteiger partial charge < -0.3 is 30.3 Å². The van der Waals surface area contributed by atoms with Gasteiger partial charge in [-0.25, -0.2) is 0 Å². The molecule has 2 aromatic rings. The summed E-state index contributed by atoms with van der Waals surface area (Å²) in [6.07, 6.45) is -1.69. The third-order valence-corrected chi connectivity index (χ3v) is 3.29. The maximum atomic E-state index is 12.1. The monoisotopic (exact) mass is 320 g/mol. The standard InChI is InChI=1S/C16H16O7/c1-23-16-13(20)5-8(6-14(16)21)4-12(19)15(22)10-3-2-9(17)7-11(10)18/h2-3,5-7,12,17-21H,4H2,1H3. The third kappa shape index (κ3) is 3.46. The number of benzene rings is 2. The number of rotatable bonds is 5. The van der Waals surface area contributed by atoms with Crippen LogP contribution in [0.5, 0.6) is 28.7 Å². The van der Waals surface area contributed by atoms with E-state index in [1.54, 1.807) is 0 Å². The minimum Gasteiger partial charge on any atom is -0.508 e. The van der Waals surface area contributed by atoms with Crippen LogP contribution in [0.3, 0.4) is 0 Å². The second-order valence-electron chi connectivity index (χ2n) is 4.95. The lowest BCUT2D eigenvalue weighted by atomic mass is 9.98. The number of aromatic hydroxyl groups is 4. The number of ether oxygens (including phenoxy) is 1. The molecule has 0 aliphatic rings. The first kappa shape index (κ1) is 16.4. The molecule has 0 spiro atoms. The molecule has 0 fully saturated rings. The molecule has 7 heteroatoms. The molecule has 0 aliphatic carbocycles. The molecule has 0 aromatic heterocycles. The molecule has 2 rings (SSSR count). The van der Waals surface area contributed by atoms with Crippen molar-refractivity contribution in [2.75, 3.05) is 7.11 Å². The van der Waals surface area contributed by atoms with E-state index >= 15 is 0 Å². The molecule has 23 heavy (non-hydrogen) atoms. The summed E-state index contributed by atoms with van der Waals surface area (Å²) in [6.45, 7) is 0. The van der Waals surface area contributed by atoms with Crippen LogP contribution in [0.2, 0.25) is 0 Å². The highest BCUT2D eigenvalue weighted by atomic mass is 16.5. The Labute approximate surface area is 131 Å². The Hall–Kier alpha value is -2.93. The maximum Gasteiger partial charge on any atom is 0.202 e. The number of hydrogen-bond donors (Lipinski definition) is 5. The van der Waals surface area contributed by atoms with Crippen LogP contribution in [0.1, 0.15) is 15.9 Å². The maximum absolute atomic E-state index is 12.1. The molecule has 7 nitrogen and oxygen atoms in total. The van der Waals surface area contributed by atoms with E-state index in [2.05, 4.69) is 0 Å². The molecule has 5 N–H and O–H groups in total. The predicted molar refractivity (Wildman–Crippen MR) is 80.1 cm³/mol. The van der Waals surface area contributed by atoms with Gasteiger partial charge in [-0.1, -0.05) is 0 Å². The lowest BCUT2D eigenvalue weighted by Crippen LogP contribution is -2.23. The second kappa shape index (κ2) is 6.45. The van der Waals surface area contributed by atoms with Crippen LogP contribution in [-0.2, 0) is 6.42 Å². The fourth-order valence-electron chi connectivity index (χ4n) is 2.21. The third-order valence-electron chi connectivity index (χ3n) is 3.29. The van der Waals surface area contributed by atoms with E-state index in [4.69, 9.17) is 4.74 Å². The van der Waals surface area contributed by atoms with Crippen LogP contribution in [-0.4, -0.2) is 44.5 Å². The van der Waals surface area contributed by atoms with Gasteiger partial charge in [0.25, 0.3) is 0 Å². The van der Waals surface area contributed by atoms with Crippen molar-refractivity contribution < 1.29 is 35.1 Å². The van der Waals surface area contributed by atoms with E-state index in [1.165, 1.54) is 31.4 Å². The van der Waals surface area contributed by atoms with Crippen molar-refractivity contribution in [2.24, 2.45) is 0 Å². The number of hydrogen-bond acceptors (Lipinski definition) is 7. The lowest BCUT2D eigenvalue weighted by molar-refractivity contribution is 0.0744. The molecule has 0 amide bonds. The van der Waals surface area contributed by atoms with Crippen LogP contribution in [0, 0.1) is 0 Å². The van der Waals surface area contributed by atoms with Gasteiger partial charge in [0.1, 0.15) is 17.6 Å². The van der Waals surface area contributed by atoms with Crippen molar-refractivity contribution in [3.05, 3.63) is 41.5 Å². The Bertz CT molecular complexity index is 716. The molecule has 0 saturated carbocycles. The summed E-state index contributed by atoms with van der Waals surface area (Å²) in [4.78, 5) is 12.1. The zero-order valence-corrected chi connectivity index (χ0v) is 12.2. The number of carbonyl (C=O) groups excluding carboxylic acids is 1. The molecule has 1 unspecified atom stereocenters. The van der Waals surface area contributed by atoms with Gasteiger partial charge >= 0.3 is 0 Å². The van der Waals surface area contributed by atoms with E-state index in [1.807, 2.05) is 0 Å². The summed E-state index contributed by atoms with van der Waals surface area (Å²) in [5.74, 6) is -2.17. The molecule has 122 valence electrons. The molecular formula is C16H16O7. The van der Waals surface area contributed by atoms with E-state index < -0.39 is 17.6 Å². The fourth-order valence-corrected chi connectivity index (χ4v) is 2.21. The first-order chi connectivity index (χ1) is 10.8. The Morgan fingerprint density at radius 3 is 2.17 bits per heavy atom. The number of carbonyl (C=O) groups is 1. The highest BCUT2D eigenvalue weighted by Gasteiger charge is 2.22. The molecule has 0 radical (unpaired) electrons. The number of phenolic OH excluding ortho intramolecular Hbond substituents is 4. The number of methoxy groups -OCH3 is 1. The van der Waals surface area contributed by atoms with Gasteiger partial charge in [-0.2, -0.15) is 0 Å². The highest BCUT2D eigenvalue weighted by molar-refractivity contribution is 6.01. The second-order valence-corrected chi connectivity index (χ2v) is 4.95. The van der Waals surface area contributed by atoms with Gasteiger partial charge in [0, 0.05) is 12.5 Å². The topological polar surface area (TPSA) is 127 Å². The van der Waals surface area contributed by atoms with Gasteiger partial charge in [0.2, 0.25) is 5.75 Å².